The summed E-state index contributed by atoms with van der Waals surface area (Å²) in [6.45, 7) is 11.2. The van der Waals surface area contributed by atoms with Crippen molar-refractivity contribution in [2.45, 2.75) is 53.4 Å². The smallest absolute Gasteiger partial charge is 0.00204 e. The predicted molar refractivity (Wildman–Crippen MR) is 88.6 cm³/mol. The van der Waals surface area contributed by atoms with Crippen LogP contribution >= 0.6 is 0 Å². The molecule has 0 nitrogen and oxygen atoms in total. The maximum atomic E-state index is 2.35. The van der Waals surface area contributed by atoms with Gasteiger partial charge < -0.3 is 0 Å². The highest BCUT2D eigenvalue weighted by Gasteiger charge is 2.07. The third-order valence-corrected chi connectivity index (χ3v) is 4.16. The van der Waals surface area contributed by atoms with E-state index in [1.165, 1.54) is 33.4 Å². The first-order chi connectivity index (χ1) is 9.51. The van der Waals surface area contributed by atoms with Crippen molar-refractivity contribution in [3.8, 4) is 0 Å². The van der Waals surface area contributed by atoms with Gasteiger partial charge in [0, 0.05) is 0 Å². The first-order valence-electron chi connectivity index (χ1n) is 7.69. The predicted octanol–water partition coefficient (Wildman–Crippen LogP) is 5.58. The summed E-state index contributed by atoms with van der Waals surface area (Å²) in [6.07, 6.45) is 2.16. The van der Waals surface area contributed by atoms with Crippen molar-refractivity contribution in [3.63, 3.8) is 0 Å². The van der Waals surface area contributed by atoms with Crippen LogP contribution in [0, 0.1) is 13.8 Å². The Morgan fingerprint density at radius 2 is 1.55 bits per heavy atom. The number of hydrogen-bond donors (Lipinski definition) is 0. The monoisotopic (exact) mass is 266 g/mol. The molecule has 0 N–H and O–H groups in total. The zero-order chi connectivity index (χ0) is 14.7. The van der Waals surface area contributed by atoms with Gasteiger partial charge in [-0.25, -0.2) is 0 Å². The Labute approximate surface area is 123 Å². The first kappa shape index (κ1) is 14.8. The van der Waals surface area contributed by atoms with Crippen LogP contribution in [0.25, 0.3) is 0 Å². The lowest BCUT2D eigenvalue weighted by molar-refractivity contribution is 0.862. The van der Waals surface area contributed by atoms with E-state index in [4.69, 9.17) is 0 Å². The summed E-state index contributed by atoms with van der Waals surface area (Å²) in [6, 6.07) is 13.8. The molecular formula is C20H26. The van der Waals surface area contributed by atoms with E-state index in [-0.39, 0.29) is 0 Å². The molecule has 0 unspecified atom stereocenters. The van der Waals surface area contributed by atoms with Gasteiger partial charge in [0.05, 0.1) is 0 Å². The highest BCUT2D eigenvalue weighted by molar-refractivity contribution is 5.40. The van der Waals surface area contributed by atoms with Gasteiger partial charge in [-0.15, -0.1) is 0 Å². The lowest BCUT2D eigenvalue weighted by atomic mass is 9.92. The van der Waals surface area contributed by atoms with Crippen LogP contribution in [-0.4, -0.2) is 0 Å². The molecule has 2 rings (SSSR count). The molecular weight excluding hydrogens is 240 g/mol. The lowest BCUT2D eigenvalue weighted by Crippen LogP contribution is -1.99. The van der Waals surface area contributed by atoms with Crippen molar-refractivity contribution in [3.05, 3.63) is 69.8 Å². The molecule has 2 aromatic rings. The Kier molecular flexibility index (Phi) is 4.65. The zero-order valence-corrected chi connectivity index (χ0v) is 13.5. The molecule has 0 bridgehead atoms. The number of benzene rings is 2. The maximum absolute atomic E-state index is 2.35. The van der Waals surface area contributed by atoms with Gasteiger partial charge in [0.25, 0.3) is 0 Å². The molecule has 0 heteroatoms. The van der Waals surface area contributed by atoms with Crippen LogP contribution in [0.15, 0.2) is 36.4 Å². The minimum absolute atomic E-state index is 0.605. The molecule has 0 fully saturated rings. The van der Waals surface area contributed by atoms with Crippen LogP contribution in [0.4, 0.5) is 0 Å². The molecule has 0 radical (unpaired) electrons. The van der Waals surface area contributed by atoms with E-state index >= 15 is 0 Å². The van der Waals surface area contributed by atoms with Crippen LogP contribution in [-0.2, 0) is 12.8 Å². The van der Waals surface area contributed by atoms with Gasteiger partial charge in [0.15, 0.2) is 0 Å². The molecule has 0 aliphatic rings. The van der Waals surface area contributed by atoms with E-state index in [0.29, 0.717) is 5.92 Å². The largest absolute Gasteiger partial charge is 0.0613 e. The van der Waals surface area contributed by atoms with Crippen molar-refractivity contribution in [2.75, 3.05) is 0 Å². The van der Waals surface area contributed by atoms with Gasteiger partial charge in [-0.05, 0) is 60.4 Å². The minimum Gasteiger partial charge on any atom is -0.0613 e. The average Bonchev–Trinajstić information content (AvgIpc) is 2.42. The number of hydrogen-bond acceptors (Lipinski definition) is 0. The summed E-state index contributed by atoms with van der Waals surface area (Å²) in [7, 11) is 0. The molecule has 0 aliphatic carbocycles. The van der Waals surface area contributed by atoms with Gasteiger partial charge in [0.2, 0.25) is 0 Å². The molecule has 20 heavy (non-hydrogen) atoms. The molecule has 0 amide bonds. The maximum Gasteiger partial charge on any atom is -0.00204 e. The first-order valence-corrected chi connectivity index (χ1v) is 7.69. The molecule has 106 valence electrons. The van der Waals surface area contributed by atoms with Gasteiger partial charge in [-0.2, -0.15) is 0 Å². The quantitative estimate of drug-likeness (QED) is 0.677. The average molecular weight is 266 g/mol. The summed E-state index contributed by atoms with van der Waals surface area (Å²) in [5.41, 5.74) is 8.62. The summed E-state index contributed by atoms with van der Waals surface area (Å²) in [4.78, 5) is 0. The second-order valence-corrected chi connectivity index (χ2v) is 6.14. The molecule has 0 saturated carbocycles. The Balaban J connectivity index is 2.30. The third kappa shape index (κ3) is 3.30. The van der Waals surface area contributed by atoms with Crippen molar-refractivity contribution in [2.24, 2.45) is 0 Å². The van der Waals surface area contributed by atoms with E-state index in [0.717, 1.165) is 12.8 Å². The highest BCUT2D eigenvalue weighted by atomic mass is 14.1. The molecule has 0 heterocycles. The zero-order valence-electron chi connectivity index (χ0n) is 13.5. The van der Waals surface area contributed by atoms with Crippen LogP contribution in [0.2, 0.25) is 0 Å². The van der Waals surface area contributed by atoms with Crippen LogP contribution in [0.5, 0.6) is 0 Å². The molecule has 0 atom stereocenters. The summed E-state index contributed by atoms with van der Waals surface area (Å²) >= 11 is 0. The molecule has 0 aliphatic heterocycles. The van der Waals surface area contributed by atoms with E-state index < -0.39 is 0 Å². The minimum atomic E-state index is 0.605. The fourth-order valence-electron chi connectivity index (χ4n) is 2.74. The van der Waals surface area contributed by atoms with Crippen molar-refractivity contribution < 1.29 is 0 Å². The van der Waals surface area contributed by atoms with Crippen molar-refractivity contribution >= 4 is 0 Å². The molecule has 0 saturated heterocycles. The number of rotatable bonds is 4. The topological polar surface area (TPSA) is 0 Å². The normalized spacial score (nSPS) is 11.1. The van der Waals surface area contributed by atoms with Gasteiger partial charge >= 0.3 is 0 Å². The fourth-order valence-corrected chi connectivity index (χ4v) is 2.74. The van der Waals surface area contributed by atoms with Crippen LogP contribution in [0.3, 0.4) is 0 Å². The Morgan fingerprint density at radius 1 is 0.850 bits per heavy atom. The highest BCUT2D eigenvalue weighted by Crippen LogP contribution is 2.22. The SMILES string of the molecule is CCc1cc(C)ccc1Cc1ccc(C(C)C)cc1C. The van der Waals surface area contributed by atoms with Gasteiger partial charge in [-0.3, -0.25) is 0 Å². The molecule has 0 aromatic heterocycles. The summed E-state index contributed by atoms with van der Waals surface area (Å²) in [5, 5.41) is 0. The second kappa shape index (κ2) is 6.26. The van der Waals surface area contributed by atoms with Gasteiger partial charge in [0.1, 0.15) is 0 Å². The molecule has 2 aromatic carbocycles. The van der Waals surface area contributed by atoms with Crippen molar-refractivity contribution in [1.29, 1.82) is 0 Å². The molecule has 0 spiro atoms. The van der Waals surface area contributed by atoms with E-state index in [2.05, 4.69) is 71.0 Å². The standard InChI is InChI=1S/C20H26/c1-6-17-11-15(4)7-8-20(17)13-19-10-9-18(14(2)3)12-16(19)5/h7-12,14H,6,13H2,1-5H3. The summed E-state index contributed by atoms with van der Waals surface area (Å²) in [5.74, 6) is 0.605. The summed E-state index contributed by atoms with van der Waals surface area (Å²) < 4.78 is 0. The fraction of sp³-hybridized carbons (Fsp3) is 0.400. The van der Waals surface area contributed by atoms with E-state index in [1.807, 2.05) is 0 Å². The van der Waals surface area contributed by atoms with Crippen LogP contribution in [0.1, 0.15) is 60.1 Å². The van der Waals surface area contributed by atoms with E-state index in [9.17, 15) is 0 Å². The third-order valence-electron chi connectivity index (χ3n) is 4.16. The second-order valence-electron chi connectivity index (χ2n) is 6.14. The number of aryl methyl sites for hydroxylation is 3. The Morgan fingerprint density at radius 3 is 2.15 bits per heavy atom. The van der Waals surface area contributed by atoms with Gasteiger partial charge in [-0.1, -0.05) is 62.7 Å². The Bertz CT molecular complexity index is 591. The Hall–Kier alpha value is -1.56. The van der Waals surface area contributed by atoms with Crippen LogP contribution < -0.4 is 0 Å². The lowest BCUT2D eigenvalue weighted by Gasteiger charge is -2.13. The van der Waals surface area contributed by atoms with Crippen molar-refractivity contribution in [1.82, 2.24) is 0 Å². The van der Waals surface area contributed by atoms with E-state index in [1.54, 1.807) is 0 Å².